The number of benzene rings is 3. The number of para-hydroxylation sites is 1. The third kappa shape index (κ3) is 4.67. The highest BCUT2D eigenvalue weighted by Gasteiger charge is 2.41. The molecule has 5 nitrogen and oxygen atoms in total. The Bertz CT molecular complexity index is 1180. The Morgan fingerprint density at radius 1 is 0.848 bits per heavy atom. The van der Waals surface area contributed by atoms with Gasteiger partial charge in [0.05, 0.1) is 18.2 Å². The number of carbonyl (C=O) groups is 2. The maximum atomic E-state index is 13.6. The van der Waals surface area contributed by atoms with E-state index in [4.69, 9.17) is 4.74 Å². The fourth-order valence-electron chi connectivity index (χ4n) is 3.91. The molecular formula is C28H28N2O3. The van der Waals surface area contributed by atoms with Crippen LogP contribution >= 0.6 is 0 Å². The predicted octanol–water partition coefficient (Wildman–Crippen LogP) is 5.20. The van der Waals surface area contributed by atoms with Gasteiger partial charge in [0.1, 0.15) is 11.4 Å². The standard InChI is InChI=1S/C28H28N2O3/c1-19(2)33-24-16-14-22(15-17-24)25-26(29(4)23-8-6-5-7-9-23)28(32)30(27(25)31)18-21-12-10-20(3)11-13-21/h5-17,19H,18H2,1-4H3. The van der Waals surface area contributed by atoms with Gasteiger partial charge in [-0.1, -0.05) is 60.2 Å². The molecule has 0 unspecified atom stereocenters. The monoisotopic (exact) mass is 440 g/mol. The molecule has 1 aliphatic rings. The second-order valence-corrected chi connectivity index (χ2v) is 8.49. The highest BCUT2D eigenvalue weighted by atomic mass is 16.5. The maximum Gasteiger partial charge on any atom is 0.278 e. The van der Waals surface area contributed by atoms with E-state index >= 15 is 0 Å². The largest absolute Gasteiger partial charge is 0.491 e. The molecular weight excluding hydrogens is 412 g/mol. The van der Waals surface area contributed by atoms with E-state index in [2.05, 4.69) is 0 Å². The fraction of sp³-hybridized carbons (Fsp3) is 0.214. The van der Waals surface area contributed by atoms with Crippen molar-refractivity contribution in [2.75, 3.05) is 11.9 Å². The lowest BCUT2D eigenvalue weighted by molar-refractivity contribution is -0.137. The highest BCUT2D eigenvalue weighted by Crippen LogP contribution is 2.35. The van der Waals surface area contributed by atoms with E-state index in [0.29, 0.717) is 16.8 Å². The smallest absolute Gasteiger partial charge is 0.278 e. The van der Waals surface area contributed by atoms with Crippen molar-refractivity contribution in [3.05, 3.63) is 101 Å². The number of aryl methyl sites for hydroxylation is 1. The molecule has 0 atom stereocenters. The number of anilines is 1. The molecule has 0 aromatic heterocycles. The van der Waals surface area contributed by atoms with E-state index < -0.39 is 0 Å². The predicted molar refractivity (Wildman–Crippen MR) is 131 cm³/mol. The number of ether oxygens (including phenoxy) is 1. The first kappa shape index (κ1) is 22.3. The summed E-state index contributed by atoms with van der Waals surface area (Å²) in [6, 6.07) is 24.8. The first-order valence-corrected chi connectivity index (χ1v) is 11.1. The maximum absolute atomic E-state index is 13.6. The minimum Gasteiger partial charge on any atom is -0.491 e. The lowest BCUT2D eigenvalue weighted by Crippen LogP contribution is -2.33. The Kier molecular flexibility index (Phi) is 6.31. The molecule has 4 rings (SSSR count). The van der Waals surface area contributed by atoms with E-state index in [0.717, 1.165) is 22.6 Å². The van der Waals surface area contributed by atoms with Crippen molar-refractivity contribution in [2.45, 2.75) is 33.4 Å². The Balaban J connectivity index is 1.74. The van der Waals surface area contributed by atoms with E-state index in [1.807, 2.05) is 107 Å². The molecule has 2 amide bonds. The average molecular weight is 441 g/mol. The molecule has 33 heavy (non-hydrogen) atoms. The van der Waals surface area contributed by atoms with Gasteiger partial charge in [0.25, 0.3) is 11.8 Å². The van der Waals surface area contributed by atoms with Gasteiger partial charge in [-0.15, -0.1) is 0 Å². The van der Waals surface area contributed by atoms with Gasteiger partial charge in [-0.25, -0.2) is 0 Å². The zero-order chi connectivity index (χ0) is 23.5. The Labute approximate surface area is 194 Å². The summed E-state index contributed by atoms with van der Waals surface area (Å²) in [5.74, 6) is 0.126. The molecule has 3 aromatic carbocycles. The van der Waals surface area contributed by atoms with Crippen molar-refractivity contribution < 1.29 is 14.3 Å². The normalized spacial score (nSPS) is 13.8. The van der Waals surface area contributed by atoms with Crippen LogP contribution in [-0.4, -0.2) is 29.9 Å². The van der Waals surface area contributed by atoms with E-state index in [9.17, 15) is 9.59 Å². The molecule has 0 fully saturated rings. The lowest BCUT2D eigenvalue weighted by Gasteiger charge is -2.21. The molecule has 0 radical (unpaired) electrons. The van der Waals surface area contributed by atoms with Crippen LogP contribution in [0.3, 0.4) is 0 Å². The summed E-state index contributed by atoms with van der Waals surface area (Å²) in [7, 11) is 1.82. The number of nitrogens with zero attached hydrogens (tertiary/aromatic N) is 2. The van der Waals surface area contributed by atoms with Gasteiger partial charge < -0.3 is 9.64 Å². The van der Waals surface area contributed by atoms with Gasteiger partial charge in [0.15, 0.2) is 0 Å². The zero-order valence-corrected chi connectivity index (χ0v) is 19.4. The van der Waals surface area contributed by atoms with Crippen molar-refractivity contribution in [3.63, 3.8) is 0 Å². The molecule has 0 spiro atoms. The number of hydrogen-bond donors (Lipinski definition) is 0. The third-order valence-electron chi connectivity index (χ3n) is 5.60. The number of amides is 2. The molecule has 0 saturated heterocycles. The average Bonchev–Trinajstić information content (AvgIpc) is 3.05. The summed E-state index contributed by atoms with van der Waals surface area (Å²) in [6.45, 7) is 6.16. The van der Waals surface area contributed by atoms with Gasteiger partial charge in [-0.3, -0.25) is 14.5 Å². The van der Waals surface area contributed by atoms with Crippen LogP contribution < -0.4 is 9.64 Å². The van der Waals surface area contributed by atoms with Crippen LogP contribution in [-0.2, 0) is 16.1 Å². The molecule has 1 heterocycles. The number of carbonyl (C=O) groups excluding carboxylic acids is 2. The molecule has 5 heteroatoms. The number of imide groups is 1. The molecule has 1 aliphatic heterocycles. The zero-order valence-electron chi connectivity index (χ0n) is 19.4. The third-order valence-corrected chi connectivity index (χ3v) is 5.60. The van der Waals surface area contributed by atoms with Gasteiger partial charge in [0, 0.05) is 12.7 Å². The Morgan fingerprint density at radius 2 is 1.48 bits per heavy atom. The van der Waals surface area contributed by atoms with E-state index in [1.54, 1.807) is 4.90 Å². The van der Waals surface area contributed by atoms with Gasteiger partial charge in [-0.05, 0) is 56.2 Å². The number of rotatable bonds is 7. The van der Waals surface area contributed by atoms with Crippen LogP contribution in [0.1, 0.15) is 30.5 Å². The summed E-state index contributed by atoms with van der Waals surface area (Å²) in [4.78, 5) is 30.3. The summed E-state index contributed by atoms with van der Waals surface area (Å²) in [6.07, 6.45) is 0.0505. The van der Waals surface area contributed by atoms with Crippen LogP contribution in [0.2, 0.25) is 0 Å². The van der Waals surface area contributed by atoms with Gasteiger partial charge >= 0.3 is 0 Å². The molecule has 168 valence electrons. The van der Waals surface area contributed by atoms with E-state index in [1.165, 1.54) is 4.90 Å². The van der Waals surface area contributed by atoms with Crippen LogP contribution in [0.5, 0.6) is 5.75 Å². The van der Waals surface area contributed by atoms with Crippen molar-refractivity contribution in [3.8, 4) is 5.75 Å². The minimum absolute atomic E-state index is 0.0505. The Morgan fingerprint density at radius 3 is 2.09 bits per heavy atom. The van der Waals surface area contributed by atoms with Crippen molar-refractivity contribution >= 4 is 23.1 Å². The fourth-order valence-corrected chi connectivity index (χ4v) is 3.91. The first-order valence-electron chi connectivity index (χ1n) is 11.1. The van der Waals surface area contributed by atoms with Crippen molar-refractivity contribution in [2.24, 2.45) is 0 Å². The SMILES string of the molecule is Cc1ccc(CN2C(=O)C(c3ccc(OC(C)C)cc3)=C(N(C)c3ccccc3)C2=O)cc1. The molecule has 0 aliphatic carbocycles. The summed E-state index contributed by atoms with van der Waals surface area (Å²) in [5.41, 5.74) is 4.33. The van der Waals surface area contributed by atoms with Crippen LogP contribution in [0.15, 0.2) is 84.6 Å². The van der Waals surface area contributed by atoms with Crippen LogP contribution in [0.25, 0.3) is 5.57 Å². The minimum atomic E-state index is -0.301. The second kappa shape index (κ2) is 9.33. The van der Waals surface area contributed by atoms with E-state index in [-0.39, 0.29) is 24.5 Å². The summed E-state index contributed by atoms with van der Waals surface area (Å²) < 4.78 is 5.74. The topological polar surface area (TPSA) is 49.9 Å². The Hall–Kier alpha value is -3.86. The molecule has 0 saturated carbocycles. The second-order valence-electron chi connectivity index (χ2n) is 8.49. The van der Waals surface area contributed by atoms with Crippen molar-refractivity contribution in [1.29, 1.82) is 0 Å². The molecule has 0 bridgehead atoms. The molecule has 3 aromatic rings. The molecule has 0 N–H and O–H groups in total. The quantitative estimate of drug-likeness (QED) is 0.474. The lowest BCUT2D eigenvalue weighted by atomic mass is 10.0. The number of hydrogen-bond acceptors (Lipinski definition) is 4. The number of likely N-dealkylation sites (N-methyl/N-ethyl adjacent to an activating group) is 1. The van der Waals surface area contributed by atoms with Crippen LogP contribution in [0.4, 0.5) is 5.69 Å². The van der Waals surface area contributed by atoms with Gasteiger partial charge in [0.2, 0.25) is 0 Å². The summed E-state index contributed by atoms with van der Waals surface area (Å²) >= 11 is 0. The summed E-state index contributed by atoms with van der Waals surface area (Å²) in [5, 5.41) is 0. The van der Waals surface area contributed by atoms with Crippen LogP contribution in [0, 0.1) is 6.92 Å². The first-order chi connectivity index (χ1) is 15.8. The van der Waals surface area contributed by atoms with Gasteiger partial charge in [-0.2, -0.15) is 0 Å². The van der Waals surface area contributed by atoms with Crippen molar-refractivity contribution in [1.82, 2.24) is 4.90 Å². The highest BCUT2D eigenvalue weighted by molar-refractivity contribution is 6.36.